The minimum absolute atomic E-state index is 0.287. The van der Waals surface area contributed by atoms with Crippen LogP contribution in [0.4, 0.5) is 5.69 Å². The number of para-hydroxylation sites is 1. The first-order chi connectivity index (χ1) is 16.1. The van der Waals surface area contributed by atoms with Crippen LogP contribution in [0.2, 0.25) is 0 Å². The summed E-state index contributed by atoms with van der Waals surface area (Å²) in [7, 11) is 3.18. The Morgan fingerprint density at radius 1 is 1.15 bits per heavy atom. The fourth-order valence-corrected chi connectivity index (χ4v) is 5.13. The van der Waals surface area contributed by atoms with E-state index in [0.717, 1.165) is 21.0 Å². The number of aryl methyl sites for hydroxylation is 1. The Bertz CT molecular complexity index is 1250. The lowest BCUT2D eigenvalue weighted by Crippen LogP contribution is -2.13. The number of rotatable bonds is 10. The van der Waals surface area contributed by atoms with Crippen LogP contribution in [0.3, 0.4) is 0 Å². The molecule has 2 aromatic heterocycles. The van der Waals surface area contributed by atoms with E-state index in [1.54, 1.807) is 55.5 Å². The number of hydrogen-bond donors (Lipinski definition) is 1. The van der Waals surface area contributed by atoms with Gasteiger partial charge in [0.2, 0.25) is 0 Å². The zero-order valence-corrected chi connectivity index (χ0v) is 20.2. The summed E-state index contributed by atoms with van der Waals surface area (Å²) in [6.45, 7) is 2.78. The normalized spacial score (nSPS) is 11.0. The molecule has 0 aliphatic heterocycles. The zero-order valence-electron chi connectivity index (χ0n) is 18.5. The summed E-state index contributed by atoms with van der Waals surface area (Å²) in [4.78, 5) is 17.7. The van der Waals surface area contributed by atoms with E-state index in [9.17, 15) is 4.79 Å². The number of thiazole rings is 1. The standard InChI is InChI=1S/C24H24N2O5S2/c1-15-13-32-24(25-15)33-14-18-17-6-4-5-7-19(17)31-22(18)23(27)26-16-8-9-20(29-3)21(12-16)30-11-10-28-2/h4-9,12-13H,10-11,14H2,1-3H3,(H,26,27). The van der Waals surface area contributed by atoms with Gasteiger partial charge in [-0.3, -0.25) is 4.79 Å². The maximum absolute atomic E-state index is 13.2. The van der Waals surface area contributed by atoms with E-state index in [0.29, 0.717) is 41.7 Å². The molecule has 0 bridgehead atoms. The number of aromatic nitrogens is 1. The number of furan rings is 1. The second kappa shape index (κ2) is 10.7. The molecule has 33 heavy (non-hydrogen) atoms. The molecule has 4 rings (SSSR count). The van der Waals surface area contributed by atoms with Crippen molar-refractivity contribution in [2.24, 2.45) is 0 Å². The minimum atomic E-state index is -0.329. The van der Waals surface area contributed by atoms with Crippen LogP contribution in [0.1, 0.15) is 21.8 Å². The van der Waals surface area contributed by atoms with E-state index in [2.05, 4.69) is 10.3 Å². The summed E-state index contributed by atoms with van der Waals surface area (Å²) in [5, 5.41) is 5.85. The van der Waals surface area contributed by atoms with Crippen LogP contribution >= 0.6 is 23.1 Å². The van der Waals surface area contributed by atoms with Gasteiger partial charge in [0, 0.05) is 46.6 Å². The molecule has 1 N–H and O–H groups in total. The number of benzene rings is 2. The average molecular weight is 485 g/mol. The Morgan fingerprint density at radius 2 is 2.00 bits per heavy atom. The fourth-order valence-electron chi connectivity index (χ4n) is 3.25. The van der Waals surface area contributed by atoms with E-state index in [-0.39, 0.29) is 11.7 Å². The van der Waals surface area contributed by atoms with Crippen LogP contribution in [0.25, 0.3) is 11.0 Å². The molecular weight excluding hydrogens is 460 g/mol. The summed E-state index contributed by atoms with van der Waals surface area (Å²) in [5.41, 5.74) is 3.07. The summed E-state index contributed by atoms with van der Waals surface area (Å²) in [6.07, 6.45) is 0. The van der Waals surface area contributed by atoms with E-state index in [4.69, 9.17) is 18.6 Å². The number of amides is 1. The third-order valence-corrected chi connectivity index (χ3v) is 6.97. The van der Waals surface area contributed by atoms with Gasteiger partial charge in [0.05, 0.1) is 13.7 Å². The first-order valence-electron chi connectivity index (χ1n) is 10.3. The highest BCUT2D eigenvalue weighted by atomic mass is 32.2. The molecule has 9 heteroatoms. The number of anilines is 1. The molecule has 0 spiro atoms. The Hall–Kier alpha value is -3.01. The predicted molar refractivity (Wildman–Crippen MR) is 131 cm³/mol. The molecule has 7 nitrogen and oxygen atoms in total. The number of ether oxygens (including phenoxy) is 3. The van der Waals surface area contributed by atoms with Gasteiger partial charge >= 0.3 is 0 Å². The lowest BCUT2D eigenvalue weighted by atomic mass is 10.1. The second-order valence-corrected chi connectivity index (χ2v) is 9.19. The highest BCUT2D eigenvalue weighted by molar-refractivity contribution is 8.00. The van der Waals surface area contributed by atoms with Gasteiger partial charge < -0.3 is 23.9 Å². The molecule has 172 valence electrons. The van der Waals surface area contributed by atoms with Crippen LogP contribution in [0, 0.1) is 6.92 Å². The largest absolute Gasteiger partial charge is 0.493 e. The number of methoxy groups -OCH3 is 2. The molecular formula is C24H24N2O5S2. The minimum Gasteiger partial charge on any atom is -0.493 e. The summed E-state index contributed by atoms with van der Waals surface area (Å²) >= 11 is 3.18. The molecule has 1 amide bonds. The smallest absolute Gasteiger partial charge is 0.291 e. The van der Waals surface area contributed by atoms with Gasteiger partial charge in [-0.05, 0) is 25.1 Å². The molecule has 0 aliphatic rings. The number of fused-ring (bicyclic) bond motifs is 1. The van der Waals surface area contributed by atoms with Gasteiger partial charge in [-0.2, -0.15) is 0 Å². The van der Waals surface area contributed by atoms with Gasteiger partial charge in [-0.25, -0.2) is 4.98 Å². The van der Waals surface area contributed by atoms with Crippen LogP contribution in [0.15, 0.2) is 56.6 Å². The summed E-state index contributed by atoms with van der Waals surface area (Å²) in [5.74, 6) is 1.62. The number of nitrogens with zero attached hydrogens (tertiary/aromatic N) is 1. The molecule has 0 atom stereocenters. The van der Waals surface area contributed by atoms with Gasteiger partial charge in [0.15, 0.2) is 17.3 Å². The maximum atomic E-state index is 13.2. The van der Waals surface area contributed by atoms with Gasteiger partial charge in [0.1, 0.15) is 16.5 Å². The van der Waals surface area contributed by atoms with E-state index < -0.39 is 0 Å². The predicted octanol–water partition coefficient (Wildman–Crippen LogP) is 5.78. The Labute approximate surface area is 200 Å². The van der Waals surface area contributed by atoms with E-state index in [1.165, 1.54) is 0 Å². The SMILES string of the molecule is COCCOc1cc(NC(=O)c2oc3ccccc3c2CSc2nc(C)cs2)ccc1OC. The lowest BCUT2D eigenvalue weighted by molar-refractivity contribution is 0.0997. The van der Waals surface area contributed by atoms with Crippen molar-refractivity contribution in [3.8, 4) is 11.5 Å². The van der Waals surface area contributed by atoms with Crippen LogP contribution < -0.4 is 14.8 Å². The van der Waals surface area contributed by atoms with Gasteiger partial charge in [-0.1, -0.05) is 30.0 Å². The van der Waals surface area contributed by atoms with Crippen LogP contribution in [-0.2, 0) is 10.5 Å². The van der Waals surface area contributed by atoms with Gasteiger partial charge in [0.25, 0.3) is 5.91 Å². The molecule has 0 saturated heterocycles. The molecule has 0 unspecified atom stereocenters. The summed E-state index contributed by atoms with van der Waals surface area (Å²) in [6, 6.07) is 12.9. The van der Waals surface area contributed by atoms with Crippen molar-refractivity contribution in [3.63, 3.8) is 0 Å². The number of carbonyl (C=O) groups is 1. The third kappa shape index (κ3) is 5.50. The Kier molecular flexibility index (Phi) is 7.54. The molecule has 0 radical (unpaired) electrons. The average Bonchev–Trinajstić information content (AvgIpc) is 3.41. The topological polar surface area (TPSA) is 82.8 Å². The Balaban J connectivity index is 1.58. The lowest BCUT2D eigenvalue weighted by Gasteiger charge is -2.12. The highest BCUT2D eigenvalue weighted by Crippen LogP contribution is 2.34. The molecule has 0 fully saturated rings. The van der Waals surface area contributed by atoms with Crippen LogP contribution in [-0.4, -0.2) is 38.3 Å². The molecule has 2 aromatic carbocycles. The summed E-state index contributed by atoms with van der Waals surface area (Å²) < 4.78 is 23.0. The van der Waals surface area contributed by atoms with Crippen molar-refractivity contribution in [3.05, 3.63) is 64.9 Å². The Morgan fingerprint density at radius 3 is 2.76 bits per heavy atom. The van der Waals surface area contributed by atoms with Crippen molar-refractivity contribution < 1.29 is 23.4 Å². The van der Waals surface area contributed by atoms with Crippen LogP contribution in [0.5, 0.6) is 11.5 Å². The highest BCUT2D eigenvalue weighted by Gasteiger charge is 2.21. The molecule has 0 aliphatic carbocycles. The number of nitrogens with one attached hydrogen (secondary N) is 1. The van der Waals surface area contributed by atoms with Crippen molar-refractivity contribution in [1.29, 1.82) is 0 Å². The maximum Gasteiger partial charge on any atom is 0.291 e. The second-order valence-electron chi connectivity index (χ2n) is 7.11. The zero-order chi connectivity index (χ0) is 23.2. The fraction of sp³-hybridized carbons (Fsp3) is 0.250. The third-order valence-electron chi connectivity index (χ3n) is 4.81. The monoisotopic (exact) mass is 484 g/mol. The molecule has 2 heterocycles. The molecule has 4 aromatic rings. The van der Waals surface area contributed by atoms with Crippen molar-refractivity contribution in [2.75, 3.05) is 32.8 Å². The van der Waals surface area contributed by atoms with Gasteiger partial charge in [-0.15, -0.1) is 11.3 Å². The first kappa shape index (κ1) is 23.2. The van der Waals surface area contributed by atoms with E-state index >= 15 is 0 Å². The number of thioether (sulfide) groups is 1. The number of hydrogen-bond acceptors (Lipinski definition) is 8. The number of carbonyl (C=O) groups excluding carboxylic acids is 1. The van der Waals surface area contributed by atoms with E-state index in [1.807, 2.05) is 36.6 Å². The van der Waals surface area contributed by atoms with Crippen molar-refractivity contribution in [2.45, 2.75) is 17.0 Å². The first-order valence-corrected chi connectivity index (χ1v) is 12.1. The quantitative estimate of drug-likeness (QED) is 0.226. The molecule has 0 saturated carbocycles. The van der Waals surface area contributed by atoms with Crippen molar-refractivity contribution in [1.82, 2.24) is 4.98 Å². The van der Waals surface area contributed by atoms with Crippen molar-refractivity contribution >= 4 is 45.7 Å².